The second kappa shape index (κ2) is 7.46. The SMILES string of the molecule is COc1ccc(C(=O)CN2C(=O)C(=O)N([C@H]3CCCC[C@H]3C)C2=O)cc1F. The number of Topliss-reactive ketones (excluding diaryl/α,β-unsaturated/α-hetero) is 1. The normalized spacial score (nSPS) is 23.1. The van der Waals surface area contributed by atoms with Crippen LogP contribution in [0.25, 0.3) is 0 Å². The van der Waals surface area contributed by atoms with Gasteiger partial charge in [0.15, 0.2) is 17.3 Å². The van der Waals surface area contributed by atoms with Crippen LogP contribution in [0.2, 0.25) is 0 Å². The van der Waals surface area contributed by atoms with Crippen molar-refractivity contribution in [2.24, 2.45) is 5.92 Å². The van der Waals surface area contributed by atoms with Crippen molar-refractivity contribution in [2.75, 3.05) is 13.7 Å². The molecule has 0 spiro atoms. The van der Waals surface area contributed by atoms with Crippen LogP contribution in [-0.4, -0.2) is 53.1 Å². The van der Waals surface area contributed by atoms with E-state index in [9.17, 15) is 23.6 Å². The van der Waals surface area contributed by atoms with E-state index < -0.39 is 36.0 Å². The lowest BCUT2D eigenvalue weighted by molar-refractivity contribution is -0.144. The fourth-order valence-corrected chi connectivity index (χ4v) is 3.71. The van der Waals surface area contributed by atoms with Gasteiger partial charge in [0.25, 0.3) is 0 Å². The fraction of sp³-hybridized carbons (Fsp3) is 0.474. The fourth-order valence-electron chi connectivity index (χ4n) is 3.71. The Kier molecular flexibility index (Phi) is 5.25. The maximum Gasteiger partial charge on any atom is 0.334 e. The monoisotopic (exact) mass is 376 g/mol. The largest absolute Gasteiger partial charge is 0.494 e. The van der Waals surface area contributed by atoms with Crippen molar-refractivity contribution in [2.45, 2.75) is 38.6 Å². The molecule has 1 saturated carbocycles. The van der Waals surface area contributed by atoms with Gasteiger partial charge in [0, 0.05) is 11.6 Å². The van der Waals surface area contributed by atoms with Crippen LogP contribution in [0.3, 0.4) is 0 Å². The van der Waals surface area contributed by atoms with Gasteiger partial charge in [-0.3, -0.25) is 19.3 Å². The number of benzene rings is 1. The second-order valence-corrected chi connectivity index (χ2v) is 6.95. The molecule has 2 aliphatic rings. The first-order valence-electron chi connectivity index (χ1n) is 8.91. The minimum absolute atomic E-state index is 0.00849. The molecular formula is C19H21FN2O5. The number of carbonyl (C=O) groups excluding carboxylic acids is 4. The first kappa shape index (κ1) is 19.0. The van der Waals surface area contributed by atoms with Crippen LogP contribution in [0.5, 0.6) is 5.75 Å². The quantitative estimate of drug-likeness (QED) is 0.448. The van der Waals surface area contributed by atoms with E-state index in [0.717, 1.165) is 30.2 Å². The van der Waals surface area contributed by atoms with Crippen LogP contribution in [0, 0.1) is 11.7 Å². The van der Waals surface area contributed by atoms with E-state index in [1.165, 1.54) is 19.2 Å². The highest BCUT2D eigenvalue weighted by molar-refractivity contribution is 6.45. The van der Waals surface area contributed by atoms with Crippen molar-refractivity contribution in [3.8, 4) is 5.75 Å². The van der Waals surface area contributed by atoms with Gasteiger partial charge in [0.1, 0.15) is 0 Å². The van der Waals surface area contributed by atoms with Crippen molar-refractivity contribution >= 4 is 23.6 Å². The third-order valence-corrected chi connectivity index (χ3v) is 5.26. The zero-order chi connectivity index (χ0) is 19.7. The van der Waals surface area contributed by atoms with Crippen molar-refractivity contribution in [1.82, 2.24) is 9.80 Å². The van der Waals surface area contributed by atoms with Crippen molar-refractivity contribution in [3.63, 3.8) is 0 Å². The minimum atomic E-state index is -1.01. The summed E-state index contributed by atoms with van der Waals surface area (Å²) in [5.41, 5.74) is -0.00849. The lowest BCUT2D eigenvalue weighted by atomic mass is 9.85. The highest BCUT2D eigenvalue weighted by Gasteiger charge is 2.49. The molecule has 1 aromatic rings. The standard InChI is InChI=1S/C19H21FN2O5/c1-11-5-3-4-6-14(11)22-18(25)17(24)21(19(22)26)10-15(23)12-7-8-16(27-2)13(20)9-12/h7-9,11,14H,3-6,10H2,1-2H3/t11-,14+/m1/s1. The third kappa shape index (κ3) is 3.43. The van der Waals surface area contributed by atoms with Gasteiger partial charge in [-0.15, -0.1) is 0 Å². The molecule has 1 heterocycles. The summed E-state index contributed by atoms with van der Waals surface area (Å²) < 4.78 is 18.6. The summed E-state index contributed by atoms with van der Waals surface area (Å²) in [7, 11) is 1.30. The van der Waals surface area contributed by atoms with E-state index in [4.69, 9.17) is 4.74 Å². The Hall–Kier alpha value is -2.77. The molecule has 7 nitrogen and oxygen atoms in total. The molecule has 2 atom stereocenters. The smallest absolute Gasteiger partial charge is 0.334 e. The number of amides is 4. The van der Waals surface area contributed by atoms with Crippen molar-refractivity contribution in [3.05, 3.63) is 29.6 Å². The molecule has 1 aliphatic carbocycles. The molecule has 1 aliphatic heterocycles. The number of rotatable bonds is 5. The van der Waals surface area contributed by atoms with Gasteiger partial charge in [0.2, 0.25) is 0 Å². The summed E-state index contributed by atoms with van der Waals surface area (Å²) in [5.74, 6) is -3.19. The molecule has 0 bridgehead atoms. The number of carbonyl (C=O) groups is 4. The zero-order valence-corrected chi connectivity index (χ0v) is 15.2. The predicted molar refractivity (Wildman–Crippen MR) is 92.7 cm³/mol. The number of hydrogen-bond donors (Lipinski definition) is 0. The molecule has 0 aromatic heterocycles. The molecule has 1 saturated heterocycles. The Balaban J connectivity index is 1.77. The number of halogens is 1. The average molecular weight is 376 g/mol. The summed E-state index contributed by atoms with van der Waals surface area (Å²) in [5, 5.41) is 0. The van der Waals surface area contributed by atoms with Crippen LogP contribution in [0.4, 0.5) is 9.18 Å². The summed E-state index contributed by atoms with van der Waals surface area (Å²) in [6.07, 6.45) is 3.43. The van der Waals surface area contributed by atoms with E-state index >= 15 is 0 Å². The van der Waals surface area contributed by atoms with Crippen LogP contribution in [0.15, 0.2) is 18.2 Å². The molecule has 144 valence electrons. The van der Waals surface area contributed by atoms with Crippen LogP contribution in [-0.2, 0) is 9.59 Å². The highest BCUT2D eigenvalue weighted by atomic mass is 19.1. The Morgan fingerprint density at radius 2 is 1.89 bits per heavy atom. The Labute approximate surface area is 156 Å². The van der Waals surface area contributed by atoms with Gasteiger partial charge in [0.05, 0.1) is 13.7 Å². The van der Waals surface area contributed by atoms with Crippen molar-refractivity contribution < 1.29 is 28.3 Å². The highest BCUT2D eigenvalue weighted by Crippen LogP contribution is 2.31. The molecule has 0 N–H and O–H groups in total. The van der Waals surface area contributed by atoms with Crippen LogP contribution < -0.4 is 4.74 Å². The molecular weight excluding hydrogens is 355 g/mol. The lowest BCUT2D eigenvalue weighted by Gasteiger charge is -2.34. The molecule has 1 aromatic carbocycles. The van der Waals surface area contributed by atoms with E-state index in [1.807, 2.05) is 6.92 Å². The Morgan fingerprint density at radius 1 is 1.19 bits per heavy atom. The predicted octanol–water partition coefficient (Wildman–Crippen LogP) is 2.39. The number of ether oxygens (including phenoxy) is 1. The van der Waals surface area contributed by atoms with Gasteiger partial charge in [-0.25, -0.2) is 14.1 Å². The number of methoxy groups -OCH3 is 1. The zero-order valence-electron chi connectivity index (χ0n) is 15.2. The number of nitrogens with zero attached hydrogens (tertiary/aromatic N) is 2. The topological polar surface area (TPSA) is 84.0 Å². The maximum absolute atomic E-state index is 13.8. The van der Waals surface area contributed by atoms with E-state index in [1.54, 1.807) is 0 Å². The van der Waals surface area contributed by atoms with E-state index in [0.29, 0.717) is 11.3 Å². The molecule has 0 radical (unpaired) electrons. The molecule has 8 heteroatoms. The average Bonchev–Trinajstić information content (AvgIpc) is 2.85. The van der Waals surface area contributed by atoms with E-state index in [-0.39, 0.29) is 23.3 Å². The Morgan fingerprint density at radius 3 is 2.52 bits per heavy atom. The maximum atomic E-state index is 13.8. The van der Waals surface area contributed by atoms with Gasteiger partial charge >= 0.3 is 17.8 Å². The van der Waals surface area contributed by atoms with Gasteiger partial charge in [-0.05, 0) is 37.0 Å². The van der Waals surface area contributed by atoms with Crippen molar-refractivity contribution in [1.29, 1.82) is 0 Å². The van der Waals surface area contributed by atoms with Crippen LogP contribution >= 0.6 is 0 Å². The first-order valence-corrected chi connectivity index (χ1v) is 8.91. The number of hydrogen-bond acceptors (Lipinski definition) is 5. The molecule has 0 unspecified atom stereocenters. The second-order valence-electron chi connectivity index (χ2n) is 6.95. The first-order chi connectivity index (χ1) is 12.8. The molecule has 2 fully saturated rings. The summed E-state index contributed by atoms with van der Waals surface area (Å²) in [4.78, 5) is 51.4. The number of imide groups is 2. The summed E-state index contributed by atoms with van der Waals surface area (Å²) >= 11 is 0. The number of ketones is 1. The summed E-state index contributed by atoms with van der Waals surface area (Å²) in [6.45, 7) is 1.34. The third-order valence-electron chi connectivity index (χ3n) is 5.26. The minimum Gasteiger partial charge on any atom is -0.494 e. The van der Waals surface area contributed by atoms with Gasteiger partial charge < -0.3 is 4.74 Å². The van der Waals surface area contributed by atoms with Gasteiger partial charge in [-0.2, -0.15) is 0 Å². The van der Waals surface area contributed by atoms with Crippen LogP contribution in [0.1, 0.15) is 43.0 Å². The summed E-state index contributed by atoms with van der Waals surface area (Å²) in [6, 6.07) is 2.51. The Bertz CT molecular complexity index is 809. The molecule has 27 heavy (non-hydrogen) atoms. The van der Waals surface area contributed by atoms with E-state index in [2.05, 4.69) is 0 Å². The number of urea groups is 1. The molecule has 4 amide bonds. The lowest BCUT2D eigenvalue weighted by Crippen LogP contribution is -2.46. The molecule has 3 rings (SSSR count). The van der Waals surface area contributed by atoms with Gasteiger partial charge in [-0.1, -0.05) is 19.8 Å².